The molecule has 0 aromatic heterocycles. The normalized spacial score (nSPS) is 12.1. The van der Waals surface area contributed by atoms with Gasteiger partial charge < -0.3 is 9.64 Å². The lowest BCUT2D eigenvalue weighted by Gasteiger charge is -2.22. The maximum Gasteiger partial charge on any atom is 0.416 e. The van der Waals surface area contributed by atoms with Crippen LogP contribution in [0.15, 0.2) is 47.4 Å². The first kappa shape index (κ1) is 24.7. The molecule has 0 aliphatic rings. The van der Waals surface area contributed by atoms with Gasteiger partial charge in [0.05, 0.1) is 23.1 Å². The van der Waals surface area contributed by atoms with Gasteiger partial charge >= 0.3 is 6.18 Å². The van der Waals surface area contributed by atoms with E-state index < -0.39 is 27.7 Å². The molecule has 0 heterocycles. The molecule has 2 aromatic carbocycles. The highest BCUT2D eigenvalue weighted by Crippen LogP contribution is 2.33. The van der Waals surface area contributed by atoms with E-state index >= 15 is 0 Å². The first-order valence-electron chi connectivity index (χ1n) is 9.56. The molecule has 2 aromatic rings. The molecule has 0 atom stereocenters. The number of alkyl halides is 3. The zero-order valence-electron chi connectivity index (χ0n) is 17.7. The summed E-state index contributed by atoms with van der Waals surface area (Å²) in [7, 11) is -1.16. The van der Waals surface area contributed by atoms with Crippen LogP contribution in [0.4, 0.5) is 13.2 Å². The Kier molecular flexibility index (Phi) is 7.72. The van der Waals surface area contributed by atoms with E-state index in [-0.39, 0.29) is 41.4 Å². The largest absolute Gasteiger partial charge is 0.496 e. The summed E-state index contributed by atoms with van der Waals surface area (Å²) in [5.74, 6) is -0.537. The molecule has 0 aliphatic carbocycles. The molecule has 10 heteroatoms. The lowest BCUT2D eigenvalue weighted by Crippen LogP contribution is -2.31. The third-order valence-corrected chi connectivity index (χ3v) is 6.87. The van der Waals surface area contributed by atoms with Gasteiger partial charge in [-0.15, -0.1) is 0 Å². The molecule has 0 N–H and O–H groups in total. The number of hydrogen-bond donors (Lipinski definition) is 0. The second-order valence-electron chi connectivity index (χ2n) is 6.77. The molecular formula is C21H25F3N2O4S. The number of rotatable bonds is 8. The summed E-state index contributed by atoms with van der Waals surface area (Å²) in [4.78, 5) is 14.0. The topological polar surface area (TPSA) is 66.9 Å². The van der Waals surface area contributed by atoms with Crippen LogP contribution in [-0.2, 0) is 22.7 Å². The minimum atomic E-state index is -4.56. The highest BCUT2D eigenvalue weighted by molar-refractivity contribution is 7.89. The predicted molar refractivity (Wildman–Crippen MR) is 110 cm³/mol. The van der Waals surface area contributed by atoms with Crippen molar-refractivity contribution in [3.63, 3.8) is 0 Å². The minimum Gasteiger partial charge on any atom is -0.496 e. The van der Waals surface area contributed by atoms with E-state index in [1.54, 1.807) is 13.8 Å². The van der Waals surface area contributed by atoms with Crippen LogP contribution in [0.25, 0.3) is 0 Å². The quantitative estimate of drug-likeness (QED) is 0.599. The van der Waals surface area contributed by atoms with Crippen LogP contribution >= 0.6 is 0 Å². The van der Waals surface area contributed by atoms with E-state index in [9.17, 15) is 26.4 Å². The summed E-state index contributed by atoms with van der Waals surface area (Å²) in [6, 6.07) is 8.88. The zero-order chi connectivity index (χ0) is 23.4. The van der Waals surface area contributed by atoms with Crippen molar-refractivity contribution < 1.29 is 31.1 Å². The van der Waals surface area contributed by atoms with Crippen molar-refractivity contribution >= 4 is 15.9 Å². The van der Waals surface area contributed by atoms with Gasteiger partial charge in [-0.05, 0) is 29.8 Å². The van der Waals surface area contributed by atoms with Crippen LogP contribution in [0.3, 0.4) is 0 Å². The maximum atomic E-state index is 13.3. The van der Waals surface area contributed by atoms with Crippen LogP contribution < -0.4 is 4.74 Å². The van der Waals surface area contributed by atoms with Crippen molar-refractivity contribution in [2.75, 3.05) is 27.2 Å². The molecule has 31 heavy (non-hydrogen) atoms. The monoisotopic (exact) mass is 458 g/mol. The summed E-state index contributed by atoms with van der Waals surface area (Å²) >= 11 is 0. The molecule has 0 radical (unpaired) electrons. The average molecular weight is 459 g/mol. The van der Waals surface area contributed by atoms with Crippen molar-refractivity contribution in [3.05, 3.63) is 59.2 Å². The number of benzene rings is 2. The summed E-state index contributed by atoms with van der Waals surface area (Å²) in [6.45, 7) is 3.58. The van der Waals surface area contributed by atoms with Gasteiger partial charge in [-0.3, -0.25) is 4.79 Å². The van der Waals surface area contributed by atoms with Gasteiger partial charge in [0.2, 0.25) is 10.0 Å². The Morgan fingerprint density at radius 1 is 1.06 bits per heavy atom. The predicted octanol–water partition coefficient (Wildman–Crippen LogP) is 4.02. The molecule has 2 rings (SSSR count). The van der Waals surface area contributed by atoms with Crippen molar-refractivity contribution in [1.29, 1.82) is 0 Å². The molecule has 0 aliphatic heterocycles. The number of sulfonamides is 1. The third kappa shape index (κ3) is 5.37. The number of amides is 1. The fraction of sp³-hybridized carbons (Fsp3) is 0.381. The summed E-state index contributed by atoms with van der Waals surface area (Å²) < 4.78 is 71.9. The van der Waals surface area contributed by atoms with Crippen LogP contribution in [0.5, 0.6) is 5.75 Å². The first-order valence-corrected chi connectivity index (χ1v) is 11.0. The van der Waals surface area contributed by atoms with Crippen LogP contribution in [-0.4, -0.2) is 50.8 Å². The highest BCUT2D eigenvalue weighted by Gasteiger charge is 2.33. The standard InChI is InChI=1S/C21H25F3N2O4S/c1-5-26(6-2)31(28,29)16-11-12-19(30-4)17(13-16)20(27)25(3)14-15-9-7-8-10-18(15)21(22,23)24/h7-13H,5-6,14H2,1-4H3. The smallest absolute Gasteiger partial charge is 0.416 e. The van der Waals surface area contributed by atoms with Gasteiger partial charge in [0.1, 0.15) is 5.75 Å². The number of halogens is 3. The molecule has 0 bridgehead atoms. The number of ether oxygens (including phenoxy) is 1. The van der Waals surface area contributed by atoms with Gasteiger partial charge in [-0.2, -0.15) is 17.5 Å². The molecule has 6 nitrogen and oxygen atoms in total. The molecule has 0 saturated carbocycles. The fourth-order valence-electron chi connectivity index (χ4n) is 3.19. The van der Waals surface area contributed by atoms with E-state index in [4.69, 9.17) is 4.74 Å². The van der Waals surface area contributed by atoms with E-state index in [0.29, 0.717) is 0 Å². The summed E-state index contributed by atoms with van der Waals surface area (Å²) in [6.07, 6.45) is -4.56. The van der Waals surface area contributed by atoms with Gasteiger partial charge in [0.15, 0.2) is 0 Å². The molecule has 0 fully saturated rings. The van der Waals surface area contributed by atoms with Crippen molar-refractivity contribution in [2.24, 2.45) is 0 Å². The minimum absolute atomic E-state index is 0.0530. The number of nitrogens with zero attached hydrogens (tertiary/aromatic N) is 2. The number of methoxy groups -OCH3 is 1. The molecule has 170 valence electrons. The highest BCUT2D eigenvalue weighted by atomic mass is 32.2. The third-order valence-electron chi connectivity index (χ3n) is 4.82. The van der Waals surface area contributed by atoms with Gasteiger partial charge in [-0.25, -0.2) is 8.42 Å². The molecule has 0 unspecified atom stereocenters. The Labute approximate surface area is 180 Å². The van der Waals surface area contributed by atoms with Crippen LogP contribution in [0, 0.1) is 0 Å². The molecule has 0 spiro atoms. The lowest BCUT2D eigenvalue weighted by atomic mass is 10.1. The summed E-state index contributed by atoms with van der Waals surface area (Å²) in [5, 5.41) is 0. The average Bonchev–Trinajstić information content (AvgIpc) is 2.73. The van der Waals surface area contributed by atoms with E-state index in [1.165, 1.54) is 54.9 Å². The molecule has 1 amide bonds. The Morgan fingerprint density at radius 2 is 1.68 bits per heavy atom. The number of hydrogen-bond acceptors (Lipinski definition) is 4. The van der Waals surface area contributed by atoms with Gasteiger partial charge in [0, 0.05) is 26.7 Å². The number of carbonyl (C=O) groups is 1. The van der Waals surface area contributed by atoms with Crippen molar-refractivity contribution in [1.82, 2.24) is 9.21 Å². The Balaban J connectivity index is 2.43. The lowest BCUT2D eigenvalue weighted by molar-refractivity contribution is -0.138. The SMILES string of the molecule is CCN(CC)S(=O)(=O)c1ccc(OC)c(C(=O)N(C)Cc2ccccc2C(F)(F)F)c1. The second kappa shape index (κ2) is 9.69. The fourth-order valence-corrected chi connectivity index (χ4v) is 4.68. The second-order valence-corrected chi connectivity index (χ2v) is 8.71. The first-order chi connectivity index (χ1) is 14.5. The Morgan fingerprint density at radius 3 is 2.23 bits per heavy atom. The van der Waals surface area contributed by atoms with E-state index in [0.717, 1.165) is 11.0 Å². The Bertz CT molecular complexity index is 1040. The van der Waals surface area contributed by atoms with Crippen molar-refractivity contribution in [3.8, 4) is 5.75 Å². The number of carbonyl (C=O) groups excluding carboxylic acids is 1. The molecular weight excluding hydrogens is 433 g/mol. The summed E-state index contributed by atoms with van der Waals surface area (Å²) in [5.41, 5.74) is -0.959. The van der Waals surface area contributed by atoms with Gasteiger partial charge in [0.25, 0.3) is 5.91 Å². The van der Waals surface area contributed by atoms with Crippen LogP contribution in [0.2, 0.25) is 0 Å². The Hall–Kier alpha value is -2.59. The van der Waals surface area contributed by atoms with Crippen molar-refractivity contribution in [2.45, 2.75) is 31.5 Å². The maximum absolute atomic E-state index is 13.3. The van der Waals surface area contributed by atoms with Crippen LogP contribution in [0.1, 0.15) is 35.3 Å². The molecule has 0 saturated heterocycles. The van der Waals surface area contributed by atoms with Gasteiger partial charge in [-0.1, -0.05) is 32.0 Å². The van der Waals surface area contributed by atoms with E-state index in [2.05, 4.69) is 0 Å². The zero-order valence-corrected chi connectivity index (χ0v) is 18.5. The van der Waals surface area contributed by atoms with E-state index in [1.807, 2.05) is 0 Å².